The highest BCUT2D eigenvalue weighted by Crippen LogP contribution is 2.61. The average Bonchev–Trinajstić information content (AvgIpc) is 2.69. The molecule has 7 heteroatoms. The molecule has 6 nitrogen and oxygen atoms in total. The molecule has 0 amide bonds. The molecule has 0 saturated heterocycles. The molecule has 2 rings (SSSR count). The van der Waals surface area contributed by atoms with Gasteiger partial charge in [-0.3, -0.25) is 4.57 Å². The molecule has 0 saturated carbocycles. The Balaban J connectivity index is 2.47. The molecule has 0 heterocycles. The summed E-state index contributed by atoms with van der Waals surface area (Å²) in [6.45, 7) is 4.42. The molecule has 0 aliphatic heterocycles. The van der Waals surface area contributed by atoms with Crippen molar-refractivity contribution in [1.29, 1.82) is 0 Å². The number of carboxylic acids is 1. The Bertz CT molecular complexity index is 769. The molecule has 2 N–H and O–H groups in total. The van der Waals surface area contributed by atoms with Crippen molar-refractivity contribution in [2.45, 2.75) is 32.5 Å². The van der Waals surface area contributed by atoms with Crippen LogP contribution in [0.5, 0.6) is 0 Å². The predicted molar refractivity (Wildman–Crippen MR) is 106 cm³/mol. The summed E-state index contributed by atoms with van der Waals surface area (Å²) in [4.78, 5) is 11.6. The summed E-state index contributed by atoms with van der Waals surface area (Å²) in [6.07, 6.45) is 1.37. The molecule has 27 heavy (non-hydrogen) atoms. The van der Waals surface area contributed by atoms with Gasteiger partial charge in [0.25, 0.3) is 0 Å². The van der Waals surface area contributed by atoms with Crippen LogP contribution in [0.2, 0.25) is 0 Å². The molecule has 0 bridgehead atoms. The van der Waals surface area contributed by atoms with Crippen molar-refractivity contribution in [3.63, 3.8) is 0 Å². The number of hydrogen-bond acceptors (Lipinski definition) is 5. The molecular weight excluding hydrogens is 365 g/mol. The van der Waals surface area contributed by atoms with E-state index in [1.807, 2.05) is 44.2 Å². The number of rotatable bonds is 11. The van der Waals surface area contributed by atoms with Gasteiger partial charge in [0.15, 0.2) is 5.78 Å². The molecule has 0 unspecified atom stereocenters. The van der Waals surface area contributed by atoms with Gasteiger partial charge in [0.1, 0.15) is 0 Å². The maximum atomic E-state index is 13.7. The number of aromatic carboxylic acids is 1. The molecule has 1 atom stereocenters. The van der Waals surface area contributed by atoms with E-state index >= 15 is 0 Å². The number of nitrogens with one attached hydrogen (secondary N) is 1. The van der Waals surface area contributed by atoms with Gasteiger partial charge in [-0.15, -0.1) is 0 Å². The molecular formula is C20H26NO5P. The molecule has 146 valence electrons. The largest absolute Gasteiger partial charge is 0.478 e. The highest BCUT2D eigenvalue weighted by atomic mass is 31.2. The fourth-order valence-electron chi connectivity index (χ4n) is 2.55. The zero-order valence-corrected chi connectivity index (χ0v) is 16.5. The number of benzene rings is 2. The highest BCUT2D eigenvalue weighted by Gasteiger charge is 2.38. The predicted octanol–water partition coefficient (Wildman–Crippen LogP) is 5.54. The topological polar surface area (TPSA) is 84.9 Å². The average molecular weight is 391 g/mol. The lowest BCUT2D eigenvalue weighted by Crippen LogP contribution is -2.17. The molecule has 0 aromatic heterocycles. The smallest absolute Gasteiger partial charge is 0.357 e. The van der Waals surface area contributed by atoms with Crippen LogP contribution in [0, 0.1) is 0 Å². The van der Waals surface area contributed by atoms with E-state index in [9.17, 15) is 14.5 Å². The standard InChI is InChI=1S/C20H26NO5P/c1-3-14-25-27(24,26-15-4-2)19(16-10-6-5-7-11-16)21-18-13-9-8-12-17(18)20(22)23/h5-13,19,21H,3-4,14-15H2,1-2H3,(H,22,23)/t19-/m0/s1. The second kappa shape index (κ2) is 10.3. The highest BCUT2D eigenvalue weighted by molar-refractivity contribution is 7.54. The molecule has 2 aromatic rings. The van der Waals surface area contributed by atoms with E-state index in [0.29, 0.717) is 24.1 Å². The maximum absolute atomic E-state index is 13.7. The second-order valence-corrected chi connectivity index (χ2v) is 8.13. The van der Waals surface area contributed by atoms with E-state index in [0.717, 1.165) is 0 Å². The lowest BCUT2D eigenvalue weighted by molar-refractivity contribution is 0.0697. The summed E-state index contributed by atoms with van der Waals surface area (Å²) in [5, 5.41) is 12.6. The third-order valence-corrected chi connectivity index (χ3v) is 5.98. The first-order chi connectivity index (χ1) is 13.0. The Labute approximate surface area is 160 Å². The number of carboxylic acid groups (broad SMARTS) is 1. The first-order valence-electron chi connectivity index (χ1n) is 9.04. The summed E-state index contributed by atoms with van der Waals surface area (Å²) in [5.74, 6) is -1.89. The second-order valence-electron chi connectivity index (χ2n) is 6.01. The summed E-state index contributed by atoms with van der Waals surface area (Å²) >= 11 is 0. The monoisotopic (exact) mass is 391 g/mol. The van der Waals surface area contributed by atoms with Crippen LogP contribution >= 0.6 is 7.60 Å². The molecule has 0 spiro atoms. The van der Waals surface area contributed by atoms with Gasteiger partial charge in [-0.05, 0) is 30.5 Å². The number of hydrogen-bond donors (Lipinski definition) is 2. The van der Waals surface area contributed by atoms with Crippen LogP contribution in [-0.2, 0) is 13.6 Å². The number of carbonyl (C=O) groups is 1. The van der Waals surface area contributed by atoms with Gasteiger partial charge < -0.3 is 19.5 Å². The van der Waals surface area contributed by atoms with E-state index in [1.165, 1.54) is 6.07 Å². The van der Waals surface area contributed by atoms with E-state index < -0.39 is 19.3 Å². The number of para-hydroxylation sites is 1. The third-order valence-electron chi connectivity index (χ3n) is 3.83. The minimum atomic E-state index is -3.60. The molecule has 0 aliphatic carbocycles. The van der Waals surface area contributed by atoms with Crippen molar-refractivity contribution >= 4 is 19.3 Å². The fraction of sp³-hybridized carbons (Fsp3) is 0.350. The third kappa shape index (κ3) is 5.67. The first kappa shape index (κ1) is 21.2. The van der Waals surface area contributed by atoms with Crippen molar-refractivity contribution in [3.8, 4) is 0 Å². The minimum Gasteiger partial charge on any atom is -0.478 e. The van der Waals surface area contributed by atoms with Crippen LogP contribution < -0.4 is 5.32 Å². The van der Waals surface area contributed by atoms with Crippen LogP contribution in [0.3, 0.4) is 0 Å². The van der Waals surface area contributed by atoms with Gasteiger partial charge in [-0.25, -0.2) is 4.79 Å². The fourth-order valence-corrected chi connectivity index (χ4v) is 4.63. The molecule has 0 radical (unpaired) electrons. The van der Waals surface area contributed by atoms with E-state index in [1.54, 1.807) is 18.2 Å². The Morgan fingerprint density at radius 2 is 1.56 bits per heavy atom. The quantitative estimate of drug-likeness (QED) is 0.489. The zero-order valence-electron chi connectivity index (χ0n) is 15.6. The zero-order chi connectivity index (χ0) is 19.7. The van der Waals surface area contributed by atoms with Gasteiger partial charge in [-0.2, -0.15) is 0 Å². The van der Waals surface area contributed by atoms with Crippen LogP contribution in [0.1, 0.15) is 48.4 Å². The SMILES string of the molecule is CCCOP(=O)(OCCC)[C@H](Nc1ccccc1C(=O)O)c1ccccc1. The number of anilines is 1. The lowest BCUT2D eigenvalue weighted by atomic mass is 10.1. The molecule has 0 fully saturated rings. The molecule has 0 aliphatic rings. The van der Waals surface area contributed by atoms with Gasteiger partial charge in [0.05, 0.1) is 18.8 Å². The lowest BCUT2D eigenvalue weighted by Gasteiger charge is -2.29. The van der Waals surface area contributed by atoms with E-state index in [-0.39, 0.29) is 18.8 Å². The van der Waals surface area contributed by atoms with E-state index in [4.69, 9.17) is 9.05 Å². The van der Waals surface area contributed by atoms with Gasteiger partial charge in [0.2, 0.25) is 0 Å². The normalized spacial score (nSPS) is 12.5. The van der Waals surface area contributed by atoms with E-state index in [2.05, 4.69) is 5.32 Å². The first-order valence-corrected chi connectivity index (χ1v) is 10.7. The Hall–Kier alpha value is -2.14. The van der Waals surface area contributed by atoms with Crippen LogP contribution in [-0.4, -0.2) is 24.3 Å². The van der Waals surface area contributed by atoms with Crippen molar-refractivity contribution in [1.82, 2.24) is 0 Å². The van der Waals surface area contributed by atoms with Crippen molar-refractivity contribution in [2.24, 2.45) is 0 Å². The van der Waals surface area contributed by atoms with Crippen molar-refractivity contribution < 1.29 is 23.5 Å². The van der Waals surface area contributed by atoms with Crippen molar-refractivity contribution in [2.75, 3.05) is 18.5 Å². The maximum Gasteiger partial charge on any atom is 0.357 e. The summed E-state index contributed by atoms with van der Waals surface area (Å²) in [6, 6.07) is 15.7. The van der Waals surface area contributed by atoms with Crippen LogP contribution in [0.25, 0.3) is 0 Å². The van der Waals surface area contributed by atoms with Crippen LogP contribution in [0.4, 0.5) is 5.69 Å². The Morgan fingerprint density at radius 3 is 2.11 bits per heavy atom. The Morgan fingerprint density at radius 1 is 1.00 bits per heavy atom. The van der Waals surface area contributed by atoms with Gasteiger partial charge >= 0.3 is 13.6 Å². The van der Waals surface area contributed by atoms with Gasteiger partial charge in [-0.1, -0.05) is 56.3 Å². The van der Waals surface area contributed by atoms with Crippen molar-refractivity contribution in [3.05, 3.63) is 65.7 Å². The summed E-state index contributed by atoms with van der Waals surface area (Å²) in [5.41, 5.74) is 1.16. The molecule has 2 aromatic carbocycles. The Kier molecular flexibility index (Phi) is 8.04. The van der Waals surface area contributed by atoms with Crippen LogP contribution in [0.15, 0.2) is 54.6 Å². The summed E-state index contributed by atoms with van der Waals surface area (Å²) < 4.78 is 25.0. The summed E-state index contributed by atoms with van der Waals surface area (Å²) in [7, 11) is -3.60. The minimum absolute atomic E-state index is 0.0935. The van der Waals surface area contributed by atoms with Gasteiger partial charge in [0, 0.05) is 5.69 Å².